The van der Waals surface area contributed by atoms with Gasteiger partial charge in [0.15, 0.2) is 0 Å². The fraction of sp³-hybridized carbons (Fsp3) is 0.647. The van der Waals surface area contributed by atoms with Gasteiger partial charge in [0.1, 0.15) is 5.75 Å². The van der Waals surface area contributed by atoms with Gasteiger partial charge >= 0.3 is 0 Å². The first-order valence-electron chi connectivity index (χ1n) is 7.58. The second-order valence-corrected chi connectivity index (χ2v) is 7.03. The standard InChI is InChI=1S/C17H28BrNO/c1-5-20-15-11-10-14(16(18)13-15)9-7-6-8-12-19-17(2,3)4/h10-11,13,19H,5-9,12H2,1-4H3. The van der Waals surface area contributed by atoms with Gasteiger partial charge in [-0.25, -0.2) is 0 Å². The first kappa shape index (κ1) is 17.5. The quantitative estimate of drug-likeness (QED) is 0.675. The highest BCUT2D eigenvalue weighted by Gasteiger charge is 2.07. The molecule has 1 N–H and O–H groups in total. The topological polar surface area (TPSA) is 21.3 Å². The molecular formula is C17H28BrNO. The Morgan fingerprint density at radius 3 is 2.50 bits per heavy atom. The van der Waals surface area contributed by atoms with Crippen molar-refractivity contribution in [3.63, 3.8) is 0 Å². The number of halogens is 1. The number of nitrogens with one attached hydrogen (secondary N) is 1. The lowest BCUT2D eigenvalue weighted by Gasteiger charge is -2.20. The highest BCUT2D eigenvalue weighted by Crippen LogP contribution is 2.24. The SMILES string of the molecule is CCOc1ccc(CCCCCNC(C)(C)C)c(Br)c1. The van der Waals surface area contributed by atoms with Crippen LogP contribution < -0.4 is 10.1 Å². The average Bonchev–Trinajstić information content (AvgIpc) is 2.35. The summed E-state index contributed by atoms with van der Waals surface area (Å²) < 4.78 is 6.66. The summed E-state index contributed by atoms with van der Waals surface area (Å²) in [6.07, 6.45) is 4.87. The van der Waals surface area contributed by atoms with E-state index in [-0.39, 0.29) is 5.54 Å². The monoisotopic (exact) mass is 341 g/mol. The summed E-state index contributed by atoms with van der Waals surface area (Å²) in [4.78, 5) is 0. The van der Waals surface area contributed by atoms with Crippen molar-refractivity contribution in [3.05, 3.63) is 28.2 Å². The molecule has 0 heterocycles. The van der Waals surface area contributed by atoms with Gasteiger partial charge in [-0.2, -0.15) is 0 Å². The second-order valence-electron chi connectivity index (χ2n) is 6.17. The van der Waals surface area contributed by atoms with Crippen LogP contribution in [0.15, 0.2) is 22.7 Å². The van der Waals surface area contributed by atoms with E-state index in [9.17, 15) is 0 Å². The highest BCUT2D eigenvalue weighted by atomic mass is 79.9. The van der Waals surface area contributed by atoms with E-state index in [4.69, 9.17) is 4.74 Å². The van der Waals surface area contributed by atoms with E-state index < -0.39 is 0 Å². The van der Waals surface area contributed by atoms with Gasteiger partial charge in [0.2, 0.25) is 0 Å². The first-order chi connectivity index (χ1) is 9.42. The molecule has 114 valence electrons. The van der Waals surface area contributed by atoms with E-state index in [1.165, 1.54) is 24.8 Å². The van der Waals surface area contributed by atoms with Crippen molar-refractivity contribution in [2.75, 3.05) is 13.2 Å². The lowest BCUT2D eigenvalue weighted by atomic mass is 10.1. The number of aryl methyl sites for hydroxylation is 1. The molecule has 0 aromatic heterocycles. The second kappa shape index (κ2) is 8.68. The predicted octanol–water partition coefficient (Wildman–Crippen LogP) is 4.95. The van der Waals surface area contributed by atoms with E-state index in [1.54, 1.807) is 0 Å². The van der Waals surface area contributed by atoms with Crippen LogP contribution in [0.2, 0.25) is 0 Å². The van der Waals surface area contributed by atoms with Gasteiger partial charge in [0.05, 0.1) is 6.61 Å². The molecule has 0 bridgehead atoms. The fourth-order valence-electron chi connectivity index (χ4n) is 2.07. The molecule has 1 rings (SSSR count). The molecule has 0 saturated heterocycles. The molecule has 0 fully saturated rings. The zero-order chi connectivity index (χ0) is 15.0. The predicted molar refractivity (Wildman–Crippen MR) is 90.6 cm³/mol. The van der Waals surface area contributed by atoms with Crippen molar-refractivity contribution >= 4 is 15.9 Å². The molecule has 0 saturated carbocycles. The van der Waals surface area contributed by atoms with Crippen LogP contribution in [-0.4, -0.2) is 18.7 Å². The number of rotatable bonds is 8. The molecule has 0 aliphatic heterocycles. The number of hydrogen-bond acceptors (Lipinski definition) is 2. The van der Waals surface area contributed by atoms with Crippen molar-refractivity contribution in [1.29, 1.82) is 0 Å². The molecule has 2 nitrogen and oxygen atoms in total. The van der Waals surface area contributed by atoms with Gasteiger partial charge in [-0.3, -0.25) is 0 Å². The van der Waals surface area contributed by atoms with Gasteiger partial charge in [0.25, 0.3) is 0 Å². The van der Waals surface area contributed by atoms with Crippen LogP contribution >= 0.6 is 15.9 Å². The highest BCUT2D eigenvalue weighted by molar-refractivity contribution is 9.10. The minimum absolute atomic E-state index is 0.234. The van der Waals surface area contributed by atoms with E-state index in [0.29, 0.717) is 6.61 Å². The van der Waals surface area contributed by atoms with Crippen molar-refractivity contribution in [1.82, 2.24) is 5.32 Å². The molecule has 1 aromatic rings. The molecule has 3 heteroatoms. The smallest absolute Gasteiger partial charge is 0.120 e. The molecule has 0 aliphatic carbocycles. The Hall–Kier alpha value is -0.540. The molecular weight excluding hydrogens is 314 g/mol. The number of unbranched alkanes of at least 4 members (excludes halogenated alkanes) is 2. The van der Waals surface area contributed by atoms with Gasteiger partial charge < -0.3 is 10.1 Å². The summed E-state index contributed by atoms with van der Waals surface area (Å²) in [7, 11) is 0. The van der Waals surface area contributed by atoms with Crippen LogP contribution in [-0.2, 0) is 6.42 Å². The molecule has 0 radical (unpaired) electrons. The minimum atomic E-state index is 0.234. The van der Waals surface area contributed by atoms with E-state index in [2.05, 4.69) is 60.2 Å². The maximum atomic E-state index is 5.49. The van der Waals surface area contributed by atoms with Gasteiger partial charge in [0, 0.05) is 10.0 Å². The van der Waals surface area contributed by atoms with Gasteiger partial charge in [-0.1, -0.05) is 28.4 Å². The van der Waals surface area contributed by atoms with Crippen molar-refractivity contribution < 1.29 is 4.74 Å². The molecule has 0 unspecified atom stereocenters. The summed E-state index contributed by atoms with van der Waals surface area (Å²) >= 11 is 3.63. The normalized spacial score (nSPS) is 11.7. The summed E-state index contributed by atoms with van der Waals surface area (Å²) in [5, 5.41) is 3.53. The molecule has 0 aliphatic rings. The number of ether oxygens (including phenoxy) is 1. The fourth-order valence-corrected chi connectivity index (χ4v) is 2.62. The third-order valence-electron chi connectivity index (χ3n) is 3.11. The Balaban J connectivity index is 2.25. The molecule has 20 heavy (non-hydrogen) atoms. The van der Waals surface area contributed by atoms with Crippen molar-refractivity contribution in [2.24, 2.45) is 0 Å². The average molecular weight is 342 g/mol. The summed E-state index contributed by atoms with van der Waals surface area (Å²) in [6, 6.07) is 6.30. The largest absolute Gasteiger partial charge is 0.494 e. The van der Waals surface area contributed by atoms with Crippen LogP contribution in [0.25, 0.3) is 0 Å². The van der Waals surface area contributed by atoms with Crippen LogP contribution in [0.5, 0.6) is 5.75 Å². The zero-order valence-electron chi connectivity index (χ0n) is 13.3. The van der Waals surface area contributed by atoms with Gasteiger partial charge in [-0.05, 0) is 71.2 Å². The minimum Gasteiger partial charge on any atom is -0.494 e. The summed E-state index contributed by atoms with van der Waals surface area (Å²) in [5.74, 6) is 0.942. The molecule has 0 atom stereocenters. The Kier molecular flexibility index (Phi) is 7.60. The van der Waals surface area contributed by atoms with Crippen LogP contribution in [0.3, 0.4) is 0 Å². The van der Waals surface area contributed by atoms with Crippen LogP contribution in [0.4, 0.5) is 0 Å². The van der Waals surface area contributed by atoms with E-state index in [0.717, 1.165) is 23.2 Å². The number of benzene rings is 1. The Labute approximate surface area is 132 Å². The lowest BCUT2D eigenvalue weighted by molar-refractivity contribution is 0.340. The Morgan fingerprint density at radius 1 is 1.15 bits per heavy atom. The van der Waals surface area contributed by atoms with Crippen molar-refractivity contribution in [2.45, 2.75) is 58.9 Å². The third-order valence-corrected chi connectivity index (χ3v) is 3.85. The van der Waals surface area contributed by atoms with Gasteiger partial charge in [-0.15, -0.1) is 0 Å². The van der Waals surface area contributed by atoms with E-state index in [1.807, 2.05) is 6.92 Å². The Morgan fingerprint density at radius 2 is 1.90 bits per heavy atom. The Bertz CT molecular complexity index is 398. The number of hydrogen-bond donors (Lipinski definition) is 1. The summed E-state index contributed by atoms with van der Waals surface area (Å²) in [6.45, 7) is 10.5. The lowest BCUT2D eigenvalue weighted by Crippen LogP contribution is -2.36. The van der Waals surface area contributed by atoms with Crippen molar-refractivity contribution in [3.8, 4) is 5.75 Å². The third kappa shape index (κ3) is 7.30. The zero-order valence-corrected chi connectivity index (χ0v) is 14.8. The maximum absolute atomic E-state index is 5.49. The first-order valence-corrected chi connectivity index (χ1v) is 8.38. The molecule has 0 amide bonds. The molecule has 0 spiro atoms. The maximum Gasteiger partial charge on any atom is 0.120 e. The van der Waals surface area contributed by atoms with E-state index >= 15 is 0 Å². The van der Waals surface area contributed by atoms with Crippen LogP contribution in [0, 0.1) is 0 Å². The molecule has 1 aromatic carbocycles. The summed E-state index contributed by atoms with van der Waals surface area (Å²) in [5.41, 5.74) is 1.61. The van der Waals surface area contributed by atoms with Crippen LogP contribution in [0.1, 0.15) is 52.5 Å².